The van der Waals surface area contributed by atoms with Crippen LogP contribution in [0.3, 0.4) is 0 Å². The van der Waals surface area contributed by atoms with Crippen LogP contribution >= 0.6 is 15.9 Å². The Morgan fingerprint density at radius 2 is 1.76 bits per heavy atom. The Bertz CT molecular complexity index is 774. The smallest absolute Gasteiger partial charge is 0.123 e. The quantitative estimate of drug-likeness (QED) is 0.514. The lowest BCUT2D eigenvalue weighted by Gasteiger charge is -2.15. The van der Waals surface area contributed by atoms with E-state index in [4.69, 9.17) is 0 Å². The Kier molecular flexibility index (Phi) is 4.07. The fourth-order valence-electron chi connectivity index (χ4n) is 2.72. The number of halogens is 2. The summed E-state index contributed by atoms with van der Waals surface area (Å²) in [6, 6.07) is 19.7. The zero-order valence-electron chi connectivity index (χ0n) is 11.8. The van der Waals surface area contributed by atoms with Crippen molar-refractivity contribution in [1.82, 2.24) is 0 Å². The summed E-state index contributed by atoms with van der Waals surface area (Å²) in [6.07, 6.45) is 0.839. The molecule has 0 aliphatic rings. The van der Waals surface area contributed by atoms with Gasteiger partial charge < -0.3 is 0 Å². The Labute approximate surface area is 132 Å². The predicted octanol–water partition coefficient (Wildman–Crippen LogP) is 5.97. The molecule has 0 aliphatic carbocycles. The second-order valence-electron chi connectivity index (χ2n) is 5.31. The third-order valence-corrected chi connectivity index (χ3v) is 4.67. The molecule has 21 heavy (non-hydrogen) atoms. The molecule has 0 bridgehead atoms. The van der Waals surface area contributed by atoms with Crippen LogP contribution in [0.25, 0.3) is 10.8 Å². The van der Waals surface area contributed by atoms with Crippen molar-refractivity contribution in [2.45, 2.75) is 18.2 Å². The van der Waals surface area contributed by atoms with Gasteiger partial charge in [0.25, 0.3) is 0 Å². The Balaban J connectivity index is 1.96. The molecule has 1 unspecified atom stereocenters. The molecule has 0 heterocycles. The summed E-state index contributed by atoms with van der Waals surface area (Å²) < 4.78 is 13.5. The van der Waals surface area contributed by atoms with Gasteiger partial charge in [0.1, 0.15) is 5.82 Å². The molecule has 0 spiro atoms. The van der Waals surface area contributed by atoms with Gasteiger partial charge in [-0.3, -0.25) is 0 Å². The molecule has 0 radical (unpaired) electrons. The minimum atomic E-state index is -0.182. The average molecular weight is 343 g/mol. The number of hydrogen-bond donors (Lipinski definition) is 0. The molecule has 106 valence electrons. The van der Waals surface area contributed by atoms with E-state index < -0.39 is 0 Å². The van der Waals surface area contributed by atoms with Crippen molar-refractivity contribution in [2.24, 2.45) is 0 Å². The molecule has 3 rings (SSSR count). The lowest BCUT2D eigenvalue weighted by Crippen LogP contribution is -1.99. The number of fused-ring (bicyclic) bond motifs is 1. The first-order valence-corrected chi connectivity index (χ1v) is 7.93. The van der Waals surface area contributed by atoms with Crippen molar-refractivity contribution in [3.63, 3.8) is 0 Å². The van der Waals surface area contributed by atoms with Crippen molar-refractivity contribution in [1.29, 1.82) is 0 Å². The minimum Gasteiger partial charge on any atom is -0.207 e. The van der Waals surface area contributed by atoms with Crippen LogP contribution in [0, 0.1) is 12.7 Å². The molecule has 0 amide bonds. The summed E-state index contributed by atoms with van der Waals surface area (Å²) in [5, 5.41) is 2.50. The number of benzene rings is 3. The zero-order valence-corrected chi connectivity index (χ0v) is 13.4. The SMILES string of the molecule is Cc1ccc(F)cc1C(Br)Cc1cccc2ccccc12. The van der Waals surface area contributed by atoms with Crippen LogP contribution in [0.1, 0.15) is 21.5 Å². The molecular formula is C19H16BrF. The molecule has 0 aromatic heterocycles. The third-order valence-electron chi connectivity index (χ3n) is 3.86. The van der Waals surface area contributed by atoms with Crippen LogP contribution in [0.5, 0.6) is 0 Å². The van der Waals surface area contributed by atoms with Crippen LogP contribution in [0.2, 0.25) is 0 Å². The van der Waals surface area contributed by atoms with E-state index >= 15 is 0 Å². The second kappa shape index (κ2) is 5.98. The maximum absolute atomic E-state index is 13.5. The molecule has 0 aliphatic heterocycles. The summed E-state index contributed by atoms with van der Waals surface area (Å²) in [4.78, 5) is 0.110. The van der Waals surface area contributed by atoms with Crippen LogP contribution in [-0.4, -0.2) is 0 Å². The van der Waals surface area contributed by atoms with Crippen molar-refractivity contribution >= 4 is 26.7 Å². The van der Waals surface area contributed by atoms with E-state index in [1.807, 2.05) is 13.0 Å². The maximum atomic E-state index is 13.5. The van der Waals surface area contributed by atoms with Crippen LogP contribution < -0.4 is 0 Å². The van der Waals surface area contributed by atoms with Crippen LogP contribution in [0.15, 0.2) is 60.7 Å². The first kappa shape index (κ1) is 14.3. The zero-order chi connectivity index (χ0) is 14.8. The Morgan fingerprint density at radius 3 is 2.62 bits per heavy atom. The summed E-state index contributed by atoms with van der Waals surface area (Å²) in [7, 11) is 0. The lowest BCUT2D eigenvalue weighted by atomic mass is 9.96. The fourth-order valence-corrected chi connectivity index (χ4v) is 3.56. The molecule has 0 nitrogen and oxygen atoms in total. The van der Waals surface area contributed by atoms with Gasteiger partial charge in [0, 0.05) is 4.83 Å². The van der Waals surface area contributed by atoms with E-state index in [1.54, 1.807) is 6.07 Å². The highest BCUT2D eigenvalue weighted by Gasteiger charge is 2.13. The summed E-state index contributed by atoms with van der Waals surface area (Å²) in [5.41, 5.74) is 3.40. The van der Waals surface area contributed by atoms with Crippen molar-refractivity contribution < 1.29 is 4.39 Å². The van der Waals surface area contributed by atoms with Crippen LogP contribution in [0.4, 0.5) is 4.39 Å². The van der Waals surface area contributed by atoms with E-state index in [9.17, 15) is 4.39 Å². The third kappa shape index (κ3) is 3.01. The van der Waals surface area contributed by atoms with Gasteiger partial charge in [0.05, 0.1) is 0 Å². The Hall–Kier alpha value is -1.67. The number of aryl methyl sites for hydroxylation is 1. The van der Waals surface area contributed by atoms with Gasteiger partial charge in [-0.25, -0.2) is 4.39 Å². The summed E-state index contributed by atoms with van der Waals surface area (Å²) in [6.45, 7) is 2.02. The Morgan fingerprint density at radius 1 is 1.00 bits per heavy atom. The lowest BCUT2D eigenvalue weighted by molar-refractivity contribution is 0.624. The number of alkyl halides is 1. The highest BCUT2D eigenvalue weighted by molar-refractivity contribution is 9.09. The van der Waals surface area contributed by atoms with Gasteiger partial charge in [0.2, 0.25) is 0 Å². The highest BCUT2D eigenvalue weighted by atomic mass is 79.9. The van der Waals surface area contributed by atoms with Crippen LogP contribution in [-0.2, 0) is 6.42 Å². The molecule has 0 N–H and O–H groups in total. The van der Waals surface area contributed by atoms with Gasteiger partial charge in [0.15, 0.2) is 0 Å². The first-order valence-electron chi connectivity index (χ1n) is 7.02. The molecule has 3 aromatic rings. The predicted molar refractivity (Wildman–Crippen MR) is 90.5 cm³/mol. The molecule has 1 atom stereocenters. The molecule has 2 heteroatoms. The van der Waals surface area contributed by atoms with E-state index in [0.29, 0.717) is 0 Å². The van der Waals surface area contributed by atoms with E-state index in [0.717, 1.165) is 17.5 Å². The van der Waals surface area contributed by atoms with Gasteiger partial charge >= 0.3 is 0 Å². The summed E-state index contributed by atoms with van der Waals surface area (Å²) >= 11 is 3.73. The minimum absolute atomic E-state index is 0.110. The fraction of sp³-hybridized carbons (Fsp3) is 0.158. The molecule has 0 saturated carbocycles. The second-order valence-corrected chi connectivity index (χ2v) is 6.42. The highest BCUT2D eigenvalue weighted by Crippen LogP contribution is 2.32. The van der Waals surface area contributed by atoms with Crippen molar-refractivity contribution in [3.05, 3.63) is 83.2 Å². The normalized spacial score (nSPS) is 12.5. The van der Waals surface area contributed by atoms with Gasteiger partial charge in [-0.2, -0.15) is 0 Å². The summed E-state index contributed by atoms with van der Waals surface area (Å²) in [5.74, 6) is -0.182. The monoisotopic (exact) mass is 342 g/mol. The van der Waals surface area contributed by atoms with Gasteiger partial charge in [-0.05, 0) is 52.9 Å². The van der Waals surface area contributed by atoms with Gasteiger partial charge in [-0.1, -0.05) is 64.5 Å². The van der Waals surface area contributed by atoms with E-state index in [-0.39, 0.29) is 10.6 Å². The largest absolute Gasteiger partial charge is 0.207 e. The molecule has 3 aromatic carbocycles. The standard InChI is InChI=1S/C19H16BrF/c1-13-9-10-16(21)12-18(13)19(20)11-15-7-4-6-14-5-2-3-8-17(14)15/h2-10,12,19H,11H2,1H3. The molecule has 0 saturated heterocycles. The van der Waals surface area contributed by atoms with Crippen molar-refractivity contribution in [3.8, 4) is 0 Å². The first-order chi connectivity index (χ1) is 10.1. The van der Waals surface area contributed by atoms with E-state index in [1.165, 1.54) is 22.4 Å². The molecule has 0 fully saturated rings. The average Bonchev–Trinajstić information content (AvgIpc) is 2.50. The topological polar surface area (TPSA) is 0 Å². The maximum Gasteiger partial charge on any atom is 0.123 e. The number of rotatable bonds is 3. The number of hydrogen-bond acceptors (Lipinski definition) is 0. The molecular weight excluding hydrogens is 327 g/mol. The van der Waals surface area contributed by atoms with E-state index in [2.05, 4.69) is 58.4 Å². The van der Waals surface area contributed by atoms with Gasteiger partial charge in [-0.15, -0.1) is 0 Å². The van der Waals surface area contributed by atoms with Crippen molar-refractivity contribution in [2.75, 3.05) is 0 Å².